The van der Waals surface area contributed by atoms with Gasteiger partial charge < -0.3 is 21.5 Å². The van der Waals surface area contributed by atoms with Gasteiger partial charge in [-0.15, -0.1) is 11.3 Å². The summed E-state index contributed by atoms with van der Waals surface area (Å²) in [4.78, 5) is 39.3. The molecule has 0 saturated carbocycles. The molecular formula is C17H19ClN4O4S. The second kappa shape index (κ2) is 9.33. The first kappa shape index (κ1) is 20.7. The Hall–Kier alpha value is -2.65. The van der Waals surface area contributed by atoms with Gasteiger partial charge in [-0.1, -0.05) is 23.7 Å². The van der Waals surface area contributed by atoms with Crippen LogP contribution in [0.25, 0.3) is 10.6 Å². The van der Waals surface area contributed by atoms with E-state index in [4.69, 9.17) is 17.3 Å². The number of amides is 3. The van der Waals surface area contributed by atoms with E-state index in [-0.39, 0.29) is 13.0 Å². The van der Waals surface area contributed by atoms with Crippen molar-refractivity contribution in [1.29, 1.82) is 0 Å². The van der Waals surface area contributed by atoms with Gasteiger partial charge in [0.25, 0.3) is 5.91 Å². The molecule has 1 aromatic heterocycles. The van der Waals surface area contributed by atoms with E-state index in [1.807, 2.05) is 0 Å². The number of benzene rings is 1. The zero-order valence-electron chi connectivity index (χ0n) is 14.5. The zero-order valence-corrected chi connectivity index (χ0v) is 16.1. The van der Waals surface area contributed by atoms with Gasteiger partial charge in [0.15, 0.2) is 0 Å². The number of carboxylic acid groups (broad SMARTS) is 1. The van der Waals surface area contributed by atoms with Crippen LogP contribution in [0.5, 0.6) is 0 Å². The average molecular weight is 411 g/mol. The van der Waals surface area contributed by atoms with E-state index in [1.54, 1.807) is 31.2 Å². The highest BCUT2D eigenvalue weighted by molar-refractivity contribution is 7.17. The third kappa shape index (κ3) is 5.93. The smallest absolute Gasteiger partial charge is 0.326 e. The first-order chi connectivity index (χ1) is 12.8. The van der Waals surface area contributed by atoms with Gasteiger partial charge in [0.1, 0.15) is 15.9 Å². The fourth-order valence-electron chi connectivity index (χ4n) is 2.32. The molecule has 1 atom stereocenters. The molecule has 0 aliphatic heterocycles. The second-order valence-electron chi connectivity index (χ2n) is 5.74. The molecule has 3 amide bonds. The quantitative estimate of drug-likeness (QED) is 0.495. The van der Waals surface area contributed by atoms with E-state index in [0.29, 0.717) is 27.0 Å². The van der Waals surface area contributed by atoms with Gasteiger partial charge in [-0.05, 0) is 31.9 Å². The minimum Gasteiger partial charge on any atom is -0.480 e. The molecule has 0 aliphatic rings. The first-order valence-corrected chi connectivity index (χ1v) is 9.27. The van der Waals surface area contributed by atoms with Crippen LogP contribution < -0.4 is 16.4 Å². The Morgan fingerprint density at radius 1 is 1.30 bits per heavy atom. The topological polar surface area (TPSA) is 134 Å². The van der Waals surface area contributed by atoms with Gasteiger partial charge >= 0.3 is 12.0 Å². The molecule has 1 aromatic carbocycles. The summed E-state index contributed by atoms with van der Waals surface area (Å²) in [5.41, 5.74) is 6.29. The number of nitrogens with one attached hydrogen (secondary N) is 2. The molecule has 2 aromatic rings. The number of nitrogens with zero attached hydrogens (tertiary/aromatic N) is 1. The van der Waals surface area contributed by atoms with Crippen LogP contribution in [0, 0.1) is 6.92 Å². The van der Waals surface area contributed by atoms with Gasteiger partial charge in [0, 0.05) is 17.1 Å². The lowest BCUT2D eigenvalue weighted by Gasteiger charge is -2.14. The number of carbonyl (C=O) groups excluding carboxylic acids is 2. The molecule has 0 aliphatic carbocycles. The summed E-state index contributed by atoms with van der Waals surface area (Å²) in [6, 6.07) is 5.30. The van der Waals surface area contributed by atoms with Crippen LogP contribution >= 0.6 is 22.9 Å². The van der Waals surface area contributed by atoms with Crippen molar-refractivity contribution >= 4 is 40.8 Å². The number of aliphatic carboxylic acids is 1. The Bertz CT molecular complexity index is 838. The summed E-state index contributed by atoms with van der Waals surface area (Å²) < 4.78 is 0. The minimum atomic E-state index is -1.15. The summed E-state index contributed by atoms with van der Waals surface area (Å²) in [5.74, 6) is -1.65. The van der Waals surface area contributed by atoms with Gasteiger partial charge in [0.2, 0.25) is 0 Å². The van der Waals surface area contributed by atoms with Crippen molar-refractivity contribution in [2.24, 2.45) is 5.73 Å². The van der Waals surface area contributed by atoms with Crippen LogP contribution in [-0.4, -0.2) is 40.6 Å². The lowest BCUT2D eigenvalue weighted by atomic mass is 10.1. The number of aryl methyl sites for hydroxylation is 1. The van der Waals surface area contributed by atoms with Crippen molar-refractivity contribution in [3.05, 3.63) is 39.9 Å². The molecule has 2 rings (SSSR count). The summed E-state index contributed by atoms with van der Waals surface area (Å²) in [5, 5.41) is 15.4. The molecule has 27 heavy (non-hydrogen) atoms. The number of urea groups is 1. The van der Waals surface area contributed by atoms with E-state index >= 15 is 0 Å². The molecule has 144 valence electrons. The van der Waals surface area contributed by atoms with Crippen molar-refractivity contribution in [2.45, 2.75) is 25.8 Å². The van der Waals surface area contributed by atoms with Crippen molar-refractivity contribution in [2.75, 3.05) is 6.54 Å². The zero-order chi connectivity index (χ0) is 20.0. The van der Waals surface area contributed by atoms with Gasteiger partial charge in [-0.25, -0.2) is 14.6 Å². The molecule has 0 spiro atoms. The second-order valence-corrected chi connectivity index (χ2v) is 7.17. The molecule has 5 N–H and O–H groups in total. The standard InChI is InChI=1S/C17H19ClN4O4S/c1-9-13(27-15(21-9)10-4-6-11(18)7-5-10)14(23)22-12(16(24)25)3-2-8-20-17(19)26/h4-7,12H,2-3,8H2,1H3,(H,22,23)(H,24,25)(H3,19,20,26)/t12-/m1/s1. The van der Waals surface area contributed by atoms with Gasteiger partial charge in [-0.3, -0.25) is 4.79 Å². The highest BCUT2D eigenvalue weighted by atomic mass is 35.5. The Morgan fingerprint density at radius 3 is 2.56 bits per heavy atom. The van der Waals surface area contributed by atoms with Gasteiger partial charge in [0.05, 0.1) is 5.69 Å². The Balaban J connectivity index is 2.06. The van der Waals surface area contributed by atoms with E-state index in [0.717, 1.165) is 5.56 Å². The molecule has 1 heterocycles. The highest BCUT2D eigenvalue weighted by Crippen LogP contribution is 2.28. The van der Waals surface area contributed by atoms with Crippen LogP contribution in [0.3, 0.4) is 0 Å². The van der Waals surface area contributed by atoms with E-state index in [1.165, 1.54) is 11.3 Å². The largest absolute Gasteiger partial charge is 0.480 e. The maximum Gasteiger partial charge on any atom is 0.326 e. The molecule has 0 radical (unpaired) electrons. The normalized spacial score (nSPS) is 11.6. The maximum atomic E-state index is 12.5. The summed E-state index contributed by atoms with van der Waals surface area (Å²) in [6.07, 6.45) is 0.515. The third-order valence-electron chi connectivity index (χ3n) is 3.67. The average Bonchev–Trinajstić information content (AvgIpc) is 2.99. The van der Waals surface area contributed by atoms with Crippen molar-refractivity contribution in [1.82, 2.24) is 15.6 Å². The van der Waals surface area contributed by atoms with Crippen molar-refractivity contribution in [3.8, 4) is 10.6 Å². The molecule has 0 unspecified atom stereocenters. The van der Waals surface area contributed by atoms with Crippen molar-refractivity contribution in [3.63, 3.8) is 0 Å². The Morgan fingerprint density at radius 2 is 1.96 bits per heavy atom. The summed E-state index contributed by atoms with van der Waals surface area (Å²) >= 11 is 7.06. The maximum absolute atomic E-state index is 12.5. The van der Waals surface area contributed by atoms with Crippen molar-refractivity contribution < 1.29 is 19.5 Å². The number of hydrogen-bond donors (Lipinski definition) is 4. The Kier molecular flexibility index (Phi) is 7.14. The van der Waals surface area contributed by atoms with Gasteiger partial charge in [-0.2, -0.15) is 0 Å². The van der Waals surface area contributed by atoms with Crippen LogP contribution in [0.2, 0.25) is 5.02 Å². The monoisotopic (exact) mass is 410 g/mol. The fraction of sp³-hybridized carbons (Fsp3) is 0.294. The van der Waals surface area contributed by atoms with Crippen LogP contribution in [-0.2, 0) is 4.79 Å². The lowest BCUT2D eigenvalue weighted by molar-refractivity contribution is -0.139. The molecule has 8 nitrogen and oxygen atoms in total. The van der Waals surface area contributed by atoms with Crippen LogP contribution in [0.4, 0.5) is 4.79 Å². The number of carboxylic acids is 1. The predicted molar refractivity (Wildman–Crippen MR) is 103 cm³/mol. The number of halogens is 1. The number of nitrogens with two attached hydrogens (primary N) is 1. The number of carbonyl (C=O) groups is 3. The van der Waals surface area contributed by atoms with E-state index in [9.17, 15) is 19.5 Å². The summed E-state index contributed by atoms with van der Waals surface area (Å²) in [6.45, 7) is 1.92. The molecule has 0 fully saturated rings. The Labute approximate surface area is 164 Å². The molecule has 0 bridgehead atoms. The van der Waals surface area contributed by atoms with E-state index < -0.39 is 23.9 Å². The number of primary amides is 1. The lowest BCUT2D eigenvalue weighted by Crippen LogP contribution is -2.41. The molecule has 0 saturated heterocycles. The van der Waals surface area contributed by atoms with Crippen LogP contribution in [0.1, 0.15) is 28.2 Å². The molecular weight excluding hydrogens is 392 g/mol. The van der Waals surface area contributed by atoms with E-state index in [2.05, 4.69) is 15.6 Å². The highest BCUT2D eigenvalue weighted by Gasteiger charge is 2.23. The summed E-state index contributed by atoms with van der Waals surface area (Å²) in [7, 11) is 0. The number of thiazole rings is 1. The van der Waals surface area contributed by atoms with Crippen LogP contribution in [0.15, 0.2) is 24.3 Å². The fourth-order valence-corrected chi connectivity index (χ4v) is 3.42. The minimum absolute atomic E-state index is 0.156. The predicted octanol–water partition coefficient (Wildman–Crippen LogP) is 2.40. The number of rotatable bonds is 8. The molecule has 10 heteroatoms. The SMILES string of the molecule is Cc1nc(-c2ccc(Cl)cc2)sc1C(=O)N[C@H](CCCNC(N)=O)C(=O)O. The third-order valence-corrected chi connectivity index (χ3v) is 5.12. The first-order valence-electron chi connectivity index (χ1n) is 8.08. The number of hydrogen-bond acceptors (Lipinski definition) is 5. The number of aromatic nitrogens is 1.